The van der Waals surface area contributed by atoms with E-state index in [-0.39, 0.29) is 12.7 Å². The predicted molar refractivity (Wildman–Crippen MR) is 91.0 cm³/mol. The van der Waals surface area contributed by atoms with Crippen molar-refractivity contribution in [1.29, 1.82) is 0 Å². The fourth-order valence-electron chi connectivity index (χ4n) is 2.91. The van der Waals surface area contributed by atoms with Crippen LogP contribution in [0.3, 0.4) is 0 Å². The lowest BCUT2D eigenvalue weighted by molar-refractivity contribution is -0.115. The average Bonchev–Trinajstić information content (AvgIpc) is 3.22. The summed E-state index contributed by atoms with van der Waals surface area (Å²) >= 11 is 7.55. The van der Waals surface area contributed by atoms with Crippen LogP contribution in [0.5, 0.6) is 11.5 Å². The molecule has 0 bridgehead atoms. The Hall–Kier alpha value is -1.66. The molecule has 1 N–H and O–H groups in total. The monoisotopic (exact) mass is 350 g/mol. The minimum absolute atomic E-state index is 0.125. The molecule has 0 atom stereocenters. The third-order valence-electron chi connectivity index (χ3n) is 4.02. The third kappa shape index (κ3) is 3.05. The summed E-state index contributed by atoms with van der Waals surface area (Å²) in [5.41, 5.74) is 0.805. The maximum absolute atomic E-state index is 12.1. The molecule has 4 rings (SSSR count). The molecular weight excluding hydrogens is 336 g/mol. The Morgan fingerprint density at radius 2 is 2.13 bits per heavy atom. The molecule has 2 heterocycles. The number of halogens is 1. The summed E-state index contributed by atoms with van der Waals surface area (Å²) in [4.78, 5) is 17.3. The van der Waals surface area contributed by atoms with Gasteiger partial charge in [-0.15, -0.1) is 0 Å². The molecule has 23 heavy (non-hydrogen) atoms. The number of rotatable bonds is 2. The van der Waals surface area contributed by atoms with Crippen molar-refractivity contribution in [3.8, 4) is 11.5 Å². The summed E-state index contributed by atoms with van der Waals surface area (Å²) in [7, 11) is 0. The lowest BCUT2D eigenvalue weighted by atomic mass is 10.2. The number of aliphatic imine (C=N–C) groups is 1. The lowest BCUT2D eigenvalue weighted by Crippen LogP contribution is -2.21. The van der Waals surface area contributed by atoms with E-state index >= 15 is 0 Å². The number of amidine groups is 1. The maximum Gasteiger partial charge on any atom is 0.264 e. The Morgan fingerprint density at radius 1 is 1.30 bits per heavy atom. The van der Waals surface area contributed by atoms with Gasteiger partial charge in [-0.3, -0.25) is 9.79 Å². The van der Waals surface area contributed by atoms with Crippen LogP contribution in [0.1, 0.15) is 31.2 Å². The Bertz CT molecular complexity index is 726. The number of benzene rings is 1. The molecule has 1 saturated heterocycles. The quantitative estimate of drug-likeness (QED) is 0.828. The van der Waals surface area contributed by atoms with Crippen LogP contribution >= 0.6 is 23.4 Å². The van der Waals surface area contributed by atoms with Gasteiger partial charge in [0, 0.05) is 0 Å². The highest BCUT2D eigenvalue weighted by Crippen LogP contribution is 2.41. The van der Waals surface area contributed by atoms with Gasteiger partial charge in [-0.1, -0.05) is 24.4 Å². The van der Waals surface area contributed by atoms with E-state index in [9.17, 15) is 4.79 Å². The Labute approximate surface area is 143 Å². The minimum Gasteiger partial charge on any atom is -0.454 e. The fraction of sp³-hybridized carbons (Fsp3) is 0.375. The minimum atomic E-state index is -0.125. The fourth-order valence-corrected chi connectivity index (χ4v) is 4.08. The second-order valence-electron chi connectivity index (χ2n) is 5.67. The van der Waals surface area contributed by atoms with Crippen LogP contribution in [0.4, 0.5) is 0 Å². The highest BCUT2D eigenvalue weighted by molar-refractivity contribution is 8.18. The van der Waals surface area contributed by atoms with Crippen molar-refractivity contribution in [3.05, 3.63) is 27.6 Å². The van der Waals surface area contributed by atoms with E-state index < -0.39 is 0 Å². The second-order valence-corrected chi connectivity index (χ2v) is 7.11. The summed E-state index contributed by atoms with van der Waals surface area (Å²) in [5.74, 6) is 1.04. The molecule has 3 aliphatic rings. The van der Waals surface area contributed by atoms with Gasteiger partial charge in [0.25, 0.3) is 5.91 Å². The van der Waals surface area contributed by atoms with Crippen molar-refractivity contribution in [2.45, 2.75) is 31.7 Å². The molecular formula is C16H15ClN2O3S. The molecule has 1 saturated carbocycles. The average molecular weight is 351 g/mol. The van der Waals surface area contributed by atoms with Gasteiger partial charge in [0.2, 0.25) is 6.79 Å². The van der Waals surface area contributed by atoms with Crippen LogP contribution < -0.4 is 14.8 Å². The molecule has 1 aromatic rings. The molecule has 1 aromatic carbocycles. The summed E-state index contributed by atoms with van der Waals surface area (Å²) in [6.07, 6.45) is 6.45. The topological polar surface area (TPSA) is 59.9 Å². The van der Waals surface area contributed by atoms with Gasteiger partial charge in [-0.25, -0.2) is 0 Å². The predicted octanol–water partition coefficient (Wildman–Crippen LogP) is 3.57. The molecule has 2 fully saturated rings. The van der Waals surface area contributed by atoms with Gasteiger partial charge in [0.1, 0.15) is 0 Å². The molecule has 7 heteroatoms. The van der Waals surface area contributed by atoms with Crippen LogP contribution in [0.2, 0.25) is 5.02 Å². The molecule has 120 valence electrons. The summed E-state index contributed by atoms with van der Waals surface area (Å²) < 4.78 is 10.6. The molecule has 2 aliphatic heterocycles. The molecule has 0 unspecified atom stereocenters. The molecule has 0 spiro atoms. The SMILES string of the molecule is O=C1NC(=NC2CCCC2)S/C1=C\c1cc(Cl)c2c(c1)OCO2. The standard InChI is InChI=1S/C16H15ClN2O3S/c17-11-5-9(6-12-14(11)22-8-21-12)7-13-15(20)19-16(23-13)18-10-3-1-2-4-10/h5-7,10H,1-4,8H2,(H,18,19,20)/b13-7-. The first kappa shape index (κ1) is 14.9. The molecule has 1 aliphatic carbocycles. The number of ether oxygens (including phenoxy) is 2. The van der Waals surface area contributed by atoms with E-state index in [0.29, 0.717) is 32.6 Å². The summed E-state index contributed by atoms with van der Waals surface area (Å²) in [5, 5.41) is 4.01. The number of carbonyl (C=O) groups is 1. The lowest BCUT2D eigenvalue weighted by Gasteiger charge is -2.02. The van der Waals surface area contributed by atoms with Crippen LogP contribution in [0.15, 0.2) is 22.0 Å². The first-order valence-electron chi connectivity index (χ1n) is 7.57. The number of hydrogen-bond donors (Lipinski definition) is 1. The zero-order chi connectivity index (χ0) is 15.8. The van der Waals surface area contributed by atoms with Gasteiger partial charge >= 0.3 is 0 Å². The Morgan fingerprint density at radius 3 is 2.96 bits per heavy atom. The maximum atomic E-state index is 12.1. The van der Waals surface area contributed by atoms with Crippen molar-refractivity contribution in [2.24, 2.45) is 4.99 Å². The van der Waals surface area contributed by atoms with E-state index in [1.54, 1.807) is 12.1 Å². The van der Waals surface area contributed by atoms with Crippen molar-refractivity contribution in [1.82, 2.24) is 5.32 Å². The van der Waals surface area contributed by atoms with Crippen molar-refractivity contribution >= 4 is 40.5 Å². The van der Waals surface area contributed by atoms with Crippen LogP contribution in [-0.4, -0.2) is 23.9 Å². The highest BCUT2D eigenvalue weighted by atomic mass is 35.5. The van der Waals surface area contributed by atoms with Gasteiger partial charge < -0.3 is 14.8 Å². The number of hydrogen-bond acceptors (Lipinski definition) is 5. The van der Waals surface area contributed by atoms with Crippen molar-refractivity contribution < 1.29 is 14.3 Å². The number of amides is 1. The number of nitrogens with one attached hydrogen (secondary N) is 1. The first-order valence-corrected chi connectivity index (χ1v) is 8.76. The van der Waals surface area contributed by atoms with Crippen LogP contribution in [0.25, 0.3) is 6.08 Å². The van der Waals surface area contributed by atoms with Gasteiger partial charge in [-0.05, 0) is 48.4 Å². The summed E-state index contributed by atoms with van der Waals surface area (Å²) in [6, 6.07) is 3.93. The van der Waals surface area contributed by atoms with Crippen LogP contribution in [-0.2, 0) is 4.79 Å². The molecule has 0 aromatic heterocycles. The van der Waals surface area contributed by atoms with E-state index in [0.717, 1.165) is 18.4 Å². The number of fused-ring (bicyclic) bond motifs is 1. The van der Waals surface area contributed by atoms with Crippen molar-refractivity contribution in [3.63, 3.8) is 0 Å². The van der Waals surface area contributed by atoms with E-state index in [1.807, 2.05) is 6.07 Å². The smallest absolute Gasteiger partial charge is 0.264 e. The number of nitrogens with zero attached hydrogens (tertiary/aromatic N) is 1. The molecule has 5 nitrogen and oxygen atoms in total. The second kappa shape index (κ2) is 6.09. The molecule has 1 amide bonds. The van der Waals surface area contributed by atoms with Crippen molar-refractivity contribution in [2.75, 3.05) is 6.79 Å². The highest BCUT2D eigenvalue weighted by Gasteiger charge is 2.26. The van der Waals surface area contributed by atoms with E-state index in [1.165, 1.54) is 24.6 Å². The normalized spacial score (nSPS) is 24.0. The number of thioether (sulfide) groups is 1. The molecule has 0 radical (unpaired) electrons. The Balaban J connectivity index is 1.57. The zero-order valence-corrected chi connectivity index (χ0v) is 13.9. The largest absolute Gasteiger partial charge is 0.454 e. The van der Waals surface area contributed by atoms with Gasteiger partial charge in [0.15, 0.2) is 16.7 Å². The third-order valence-corrected chi connectivity index (χ3v) is 5.23. The first-order chi connectivity index (χ1) is 11.2. The van der Waals surface area contributed by atoms with E-state index in [4.69, 9.17) is 21.1 Å². The number of carbonyl (C=O) groups excluding carboxylic acids is 1. The van der Waals surface area contributed by atoms with E-state index in [2.05, 4.69) is 10.3 Å². The zero-order valence-electron chi connectivity index (χ0n) is 12.3. The summed E-state index contributed by atoms with van der Waals surface area (Å²) in [6.45, 7) is 0.169. The van der Waals surface area contributed by atoms with Crippen LogP contribution in [0, 0.1) is 0 Å². The Kier molecular flexibility index (Phi) is 3.95. The van der Waals surface area contributed by atoms with Gasteiger partial charge in [0.05, 0.1) is 16.0 Å². The van der Waals surface area contributed by atoms with Gasteiger partial charge in [-0.2, -0.15) is 0 Å².